The lowest BCUT2D eigenvalue weighted by Gasteiger charge is -2.29. The average molecular weight is 372 g/mol. The molecule has 1 saturated carbocycles. The maximum Gasteiger partial charge on any atom is 0.342 e. The van der Waals surface area contributed by atoms with Gasteiger partial charge in [-0.25, -0.2) is 4.79 Å². The molecule has 2 aromatic rings. The average Bonchev–Trinajstić information content (AvgIpc) is 2.63. The summed E-state index contributed by atoms with van der Waals surface area (Å²) < 4.78 is 16.7. The largest absolute Gasteiger partial charge is 0.490 e. The molecule has 1 aromatic carbocycles. The van der Waals surface area contributed by atoms with Crippen LogP contribution in [0.5, 0.6) is 5.75 Å². The first-order valence-electron chi connectivity index (χ1n) is 9.56. The zero-order chi connectivity index (χ0) is 19.4. The van der Waals surface area contributed by atoms with Gasteiger partial charge in [-0.2, -0.15) is 0 Å². The number of nitrogens with two attached hydrogens (primary N) is 1. The van der Waals surface area contributed by atoms with E-state index in [1.165, 1.54) is 0 Å². The molecular formula is C21H28N2O4. The predicted molar refractivity (Wildman–Crippen MR) is 105 cm³/mol. The van der Waals surface area contributed by atoms with Crippen LogP contribution in [-0.2, 0) is 9.47 Å². The van der Waals surface area contributed by atoms with E-state index in [0.29, 0.717) is 40.6 Å². The summed E-state index contributed by atoms with van der Waals surface area (Å²) in [5.41, 5.74) is 8.37. The molecule has 146 valence electrons. The second kappa shape index (κ2) is 8.57. The Labute approximate surface area is 160 Å². The van der Waals surface area contributed by atoms with Gasteiger partial charge < -0.3 is 19.9 Å². The van der Waals surface area contributed by atoms with Gasteiger partial charge in [-0.05, 0) is 57.6 Å². The van der Waals surface area contributed by atoms with Crippen LogP contribution in [0.1, 0.15) is 48.7 Å². The topological polar surface area (TPSA) is 83.7 Å². The van der Waals surface area contributed by atoms with Crippen LogP contribution in [0.15, 0.2) is 18.2 Å². The van der Waals surface area contributed by atoms with Gasteiger partial charge in [0.1, 0.15) is 11.3 Å². The van der Waals surface area contributed by atoms with Crippen LogP contribution in [0.4, 0.5) is 5.69 Å². The molecule has 6 nitrogen and oxygen atoms in total. The lowest BCUT2D eigenvalue weighted by atomic mass is 9.88. The van der Waals surface area contributed by atoms with E-state index in [4.69, 9.17) is 19.9 Å². The number of rotatable bonds is 6. The molecule has 1 aliphatic carbocycles. The molecule has 1 aromatic heterocycles. The Hall–Kier alpha value is -2.34. The number of pyridine rings is 1. The Morgan fingerprint density at radius 2 is 2.00 bits per heavy atom. The lowest BCUT2D eigenvalue weighted by molar-refractivity contribution is 0.0526. The Balaban J connectivity index is 1.90. The highest BCUT2D eigenvalue weighted by Crippen LogP contribution is 2.36. The summed E-state index contributed by atoms with van der Waals surface area (Å²) in [4.78, 5) is 16.9. The monoisotopic (exact) mass is 372 g/mol. The number of aryl methyl sites for hydroxylation is 1. The minimum atomic E-state index is -0.447. The van der Waals surface area contributed by atoms with Gasteiger partial charge in [0.25, 0.3) is 0 Å². The molecule has 0 bridgehead atoms. The van der Waals surface area contributed by atoms with Crippen LogP contribution < -0.4 is 10.5 Å². The van der Waals surface area contributed by atoms with Crippen molar-refractivity contribution < 1.29 is 19.0 Å². The molecule has 0 unspecified atom stereocenters. The van der Waals surface area contributed by atoms with Crippen LogP contribution in [-0.4, -0.2) is 37.4 Å². The zero-order valence-corrected chi connectivity index (χ0v) is 16.3. The first kappa shape index (κ1) is 19.4. The molecule has 1 heterocycles. The first-order chi connectivity index (χ1) is 13.0. The minimum Gasteiger partial charge on any atom is -0.490 e. The van der Waals surface area contributed by atoms with Crippen LogP contribution in [0.25, 0.3) is 10.9 Å². The summed E-state index contributed by atoms with van der Waals surface area (Å²) >= 11 is 0. The zero-order valence-electron chi connectivity index (χ0n) is 16.3. The highest BCUT2D eigenvalue weighted by Gasteiger charge is 2.25. The van der Waals surface area contributed by atoms with Crippen molar-refractivity contribution in [3.05, 3.63) is 29.5 Å². The smallest absolute Gasteiger partial charge is 0.342 e. The molecule has 1 fully saturated rings. The highest BCUT2D eigenvalue weighted by atomic mass is 16.5. The second-order valence-electron chi connectivity index (χ2n) is 7.07. The van der Waals surface area contributed by atoms with Crippen molar-refractivity contribution in [2.24, 2.45) is 5.92 Å². The molecule has 0 saturated heterocycles. The Morgan fingerprint density at radius 1 is 1.26 bits per heavy atom. The molecule has 0 radical (unpaired) electrons. The molecule has 0 atom stereocenters. The molecule has 0 spiro atoms. The summed E-state index contributed by atoms with van der Waals surface area (Å²) in [6.45, 7) is 4.64. The molecule has 0 aliphatic heterocycles. The van der Waals surface area contributed by atoms with Crippen molar-refractivity contribution in [2.75, 3.05) is 26.1 Å². The molecule has 3 rings (SSSR count). The minimum absolute atomic E-state index is 0.135. The molecule has 1 aliphatic rings. The molecule has 27 heavy (non-hydrogen) atoms. The number of nitrogen functional groups attached to an aromatic ring is 1. The maximum atomic E-state index is 12.3. The van der Waals surface area contributed by atoms with Gasteiger partial charge in [-0.3, -0.25) is 4.98 Å². The number of anilines is 1. The van der Waals surface area contributed by atoms with E-state index < -0.39 is 5.97 Å². The normalized spacial score (nSPS) is 19.8. The number of hydrogen-bond donors (Lipinski definition) is 1. The van der Waals surface area contributed by atoms with Gasteiger partial charge in [-0.1, -0.05) is 6.07 Å². The van der Waals surface area contributed by atoms with E-state index in [0.717, 1.165) is 37.8 Å². The lowest BCUT2D eigenvalue weighted by Crippen LogP contribution is -2.26. The fraction of sp³-hybridized carbons (Fsp3) is 0.524. The summed E-state index contributed by atoms with van der Waals surface area (Å²) in [5.74, 6) is 0.835. The fourth-order valence-electron chi connectivity index (χ4n) is 3.83. The Morgan fingerprint density at radius 3 is 2.67 bits per heavy atom. The Bertz CT molecular complexity index is 813. The third kappa shape index (κ3) is 4.16. The van der Waals surface area contributed by atoms with E-state index in [9.17, 15) is 4.79 Å². The molecule has 6 heteroatoms. The molecule has 0 amide bonds. The third-order valence-electron chi connectivity index (χ3n) is 5.16. The van der Waals surface area contributed by atoms with Crippen molar-refractivity contribution in [2.45, 2.75) is 45.6 Å². The van der Waals surface area contributed by atoms with Gasteiger partial charge >= 0.3 is 5.97 Å². The highest BCUT2D eigenvalue weighted by molar-refractivity contribution is 6.07. The van der Waals surface area contributed by atoms with Gasteiger partial charge in [0.15, 0.2) is 0 Å². The van der Waals surface area contributed by atoms with E-state index >= 15 is 0 Å². The SMILES string of the molecule is CCOC(=O)c1c(C)nc2cccc(OC3CCC(COC)CC3)c2c1N. The van der Waals surface area contributed by atoms with Gasteiger partial charge in [0.05, 0.1) is 35.0 Å². The van der Waals surface area contributed by atoms with Crippen molar-refractivity contribution in [1.29, 1.82) is 0 Å². The number of esters is 1. The maximum absolute atomic E-state index is 12.3. The number of fused-ring (bicyclic) bond motifs is 1. The van der Waals surface area contributed by atoms with Crippen LogP contribution in [0.2, 0.25) is 0 Å². The number of nitrogens with zero attached hydrogens (tertiary/aromatic N) is 1. The second-order valence-corrected chi connectivity index (χ2v) is 7.07. The number of carbonyl (C=O) groups excluding carboxylic acids is 1. The Kier molecular flexibility index (Phi) is 6.16. The molecule has 2 N–H and O–H groups in total. The predicted octanol–water partition coefficient (Wildman–Crippen LogP) is 3.89. The van der Waals surface area contributed by atoms with Crippen LogP contribution in [0, 0.1) is 12.8 Å². The summed E-state index contributed by atoms with van der Waals surface area (Å²) in [5, 5.41) is 0.685. The third-order valence-corrected chi connectivity index (χ3v) is 5.16. The van der Waals surface area contributed by atoms with Gasteiger partial charge in [0, 0.05) is 13.7 Å². The van der Waals surface area contributed by atoms with E-state index in [2.05, 4.69) is 4.98 Å². The van der Waals surface area contributed by atoms with Crippen molar-refractivity contribution in [1.82, 2.24) is 4.98 Å². The standard InChI is InChI=1S/C21H28N2O4/c1-4-26-21(24)18-13(2)23-16-6-5-7-17(19(16)20(18)22)27-15-10-8-14(9-11-15)12-25-3/h5-7,14-15H,4,8-12H2,1-3H3,(H2,22,23). The number of methoxy groups -OCH3 is 1. The van der Waals surface area contributed by atoms with E-state index in [1.54, 1.807) is 21.0 Å². The molecular weight excluding hydrogens is 344 g/mol. The van der Waals surface area contributed by atoms with E-state index in [1.807, 2.05) is 18.2 Å². The van der Waals surface area contributed by atoms with Crippen molar-refractivity contribution in [3.8, 4) is 5.75 Å². The van der Waals surface area contributed by atoms with Crippen molar-refractivity contribution in [3.63, 3.8) is 0 Å². The van der Waals surface area contributed by atoms with Gasteiger partial charge in [0.2, 0.25) is 0 Å². The summed E-state index contributed by atoms with van der Waals surface area (Å²) in [7, 11) is 1.75. The number of hydrogen-bond acceptors (Lipinski definition) is 6. The summed E-state index contributed by atoms with van der Waals surface area (Å²) in [6, 6.07) is 5.69. The fourth-order valence-corrected chi connectivity index (χ4v) is 3.83. The number of aromatic nitrogens is 1. The number of carbonyl (C=O) groups is 1. The van der Waals surface area contributed by atoms with Crippen LogP contribution in [0.3, 0.4) is 0 Å². The van der Waals surface area contributed by atoms with E-state index in [-0.39, 0.29) is 6.10 Å². The summed E-state index contributed by atoms with van der Waals surface area (Å²) in [6.07, 6.45) is 4.27. The van der Waals surface area contributed by atoms with Crippen LogP contribution >= 0.6 is 0 Å². The quantitative estimate of drug-likeness (QED) is 0.775. The van der Waals surface area contributed by atoms with Gasteiger partial charge in [-0.15, -0.1) is 0 Å². The van der Waals surface area contributed by atoms with Crippen molar-refractivity contribution >= 4 is 22.6 Å². The first-order valence-corrected chi connectivity index (χ1v) is 9.56. The number of benzene rings is 1. The number of ether oxygens (including phenoxy) is 3.